The molecule has 506 valence electrons. The quantitative estimate of drug-likeness (QED) is 0.0345. The molecule has 0 N–H and O–H groups in total. The van der Waals surface area contributed by atoms with Crippen molar-refractivity contribution in [3.8, 4) is 0 Å². The minimum absolute atomic E-state index is 0.000712. The molecule has 2 heteroatoms. The molecule has 1 atom stereocenters. The fourth-order valence-corrected chi connectivity index (χ4v) is 11.6. The lowest BCUT2D eigenvalue weighted by Gasteiger charge is -2.31. The molecular weight excluding hydrogens is 1020 g/mol. The third kappa shape index (κ3) is 81.0. The van der Waals surface area contributed by atoms with Gasteiger partial charge in [0, 0.05) is 6.42 Å². The highest BCUT2D eigenvalue weighted by Gasteiger charge is 2.24. The van der Waals surface area contributed by atoms with E-state index >= 15 is 0 Å². The number of hydrogen-bond donors (Lipinski definition) is 0. The number of carbonyl (C=O) groups is 1. The molecule has 0 saturated carbocycles. The fraction of sp³-hybridized carbons (Fsp3) is 0.939. The van der Waals surface area contributed by atoms with E-state index in [1.165, 1.54) is 302 Å². The fourth-order valence-electron chi connectivity index (χ4n) is 11.6. The molecule has 0 aliphatic rings. The van der Waals surface area contributed by atoms with E-state index in [0.29, 0.717) is 34.7 Å². The van der Waals surface area contributed by atoms with Crippen molar-refractivity contribution in [2.45, 2.75) is 459 Å². The smallest absolute Gasteiger partial charge is 0.305 e. The zero-order chi connectivity index (χ0) is 63.7. The Morgan fingerprint density at radius 2 is 0.548 bits per heavy atom. The van der Waals surface area contributed by atoms with Gasteiger partial charge in [-0.15, -0.1) is 0 Å². The third-order valence-corrected chi connectivity index (χ3v) is 17.8. The molecule has 0 radical (unpaired) electrons. The van der Waals surface area contributed by atoms with E-state index in [-0.39, 0.29) is 5.97 Å². The molecule has 84 heavy (non-hydrogen) atoms. The van der Waals surface area contributed by atoms with Gasteiger partial charge in [-0.2, -0.15) is 0 Å². The average Bonchev–Trinajstić information content (AvgIpc) is 3.50. The molecule has 0 aromatic carbocycles. The van der Waals surface area contributed by atoms with Crippen LogP contribution in [0.5, 0.6) is 0 Å². The zero-order valence-electron chi connectivity index (χ0n) is 62.3. The Bertz CT molecular complexity index is 1280. The molecular formula is C82H166O2. The Balaban J connectivity index is -0.000000508. The van der Waals surface area contributed by atoms with Gasteiger partial charge < -0.3 is 4.74 Å². The summed E-state index contributed by atoms with van der Waals surface area (Å²) in [6.07, 6.45) is 79.8. The standard InChI is InChI=1S/2C21H44.C21H40.C19H38O2/c1-6-8-10-12-13-15-17-19-20(21(3,4)5)18-16-14-11-9-7-2;1-6-8-10-12-14-16-18-20(21(3,4)5)19-17-15-13-11-9-7-2;1-5-6-7-8-9-10-11-12-13-14-15-16-17-18-19-20-21(2,3)4;1-5-6-7-9-12-15-18(20)21-17-14-11-8-10-13-16-19(2,3)4/h2*20H,6-19H2,1-5H3;9-10,12-13H,5-8,11,14-20H2,1-4H3;5-17H2,1-4H3/b;;10-9-,13-12-;. The number of esters is 1. The van der Waals surface area contributed by atoms with Gasteiger partial charge in [-0.1, -0.05) is 393 Å². The summed E-state index contributed by atoms with van der Waals surface area (Å²) < 4.78 is 5.27. The normalized spacial score (nSPS) is 12.6. The molecule has 0 heterocycles. The summed E-state index contributed by atoms with van der Waals surface area (Å²) in [7, 11) is 0. The van der Waals surface area contributed by atoms with Crippen LogP contribution in [0.1, 0.15) is 459 Å². The number of carbonyl (C=O) groups excluding carboxylic acids is 1. The number of hydrogen-bond acceptors (Lipinski definition) is 2. The average molecular weight is 1180 g/mol. The first-order valence-electron chi connectivity index (χ1n) is 38.5. The summed E-state index contributed by atoms with van der Waals surface area (Å²) in [4.78, 5) is 11.5. The van der Waals surface area contributed by atoms with Gasteiger partial charge in [0.2, 0.25) is 0 Å². The van der Waals surface area contributed by atoms with Gasteiger partial charge in [0.1, 0.15) is 0 Å². The zero-order valence-corrected chi connectivity index (χ0v) is 62.3. The first kappa shape index (κ1) is 89.4. The van der Waals surface area contributed by atoms with Crippen molar-refractivity contribution in [3.63, 3.8) is 0 Å². The molecule has 0 aromatic rings. The maximum atomic E-state index is 11.5. The van der Waals surface area contributed by atoms with Gasteiger partial charge in [0.25, 0.3) is 0 Å². The minimum Gasteiger partial charge on any atom is -0.466 e. The van der Waals surface area contributed by atoms with Crippen LogP contribution in [-0.4, -0.2) is 12.6 Å². The topological polar surface area (TPSA) is 26.3 Å². The lowest BCUT2D eigenvalue weighted by molar-refractivity contribution is -0.143. The first-order chi connectivity index (χ1) is 40.1. The second kappa shape index (κ2) is 66.4. The van der Waals surface area contributed by atoms with Crippen LogP contribution >= 0.6 is 0 Å². The highest BCUT2D eigenvalue weighted by atomic mass is 16.5. The predicted molar refractivity (Wildman–Crippen MR) is 388 cm³/mol. The summed E-state index contributed by atoms with van der Waals surface area (Å²) >= 11 is 0. The number of unbranched alkanes of at least 4 members (excludes halogenated alkanes) is 36. The molecule has 2 nitrogen and oxygen atoms in total. The molecule has 0 aromatic heterocycles. The minimum atomic E-state index is -0.000712. The van der Waals surface area contributed by atoms with E-state index in [0.717, 1.165) is 37.5 Å². The summed E-state index contributed by atoms with van der Waals surface area (Å²) in [5, 5.41) is 0. The first-order valence-corrected chi connectivity index (χ1v) is 38.5. The largest absolute Gasteiger partial charge is 0.466 e. The highest BCUT2D eigenvalue weighted by Crippen LogP contribution is 2.36. The molecule has 0 saturated heterocycles. The van der Waals surface area contributed by atoms with Crippen molar-refractivity contribution in [2.75, 3.05) is 6.61 Å². The van der Waals surface area contributed by atoms with Crippen LogP contribution in [0.2, 0.25) is 0 Å². The van der Waals surface area contributed by atoms with Gasteiger partial charge in [0.15, 0.2) is 0 Å². The van der Waals surface area contributed by atoms with Crippen molar-refractivity contribution in [1.29, 1.82) is 0 Å². The van der Waals surface area contributed by atoms with Gasteiger partial charge in [-0.05, 0) is 117 Å². The monoisotopic (exact) mass is 1180 g/mol. The molecule has 0 fully saturated rings. The van der Waals surface area contributed by atoms with E-state index in [2.05, 4.69) is 149 Å². The van der Waals surface area contributed by atoms with Crippen LogP contribution in [0.25, 0.3) is 0 Å². The van der Waals surface area contributed by atoms with Crippen molar-refractivity contribution in [2.24, 2.45) is 33.5 Å². The molecule has 0 aliphatic carbocycles. The van der Waals surface area contributed by atoms with Crippen LogP contribution < -0.4 is 0 Å². The highest BCUT2D eigenvalue weighted by molar-refractivity contribution is 5.69. The second-order valence-electron chi connectivity index (χ2n) is 31.4. The lowest BCUT2D eigenvalue weighted by atomic mass is 9.75. The van der Waals surface area contributed by atoms with Crippen molar-refractivity contribution in [3.05, 3.63) is 24.3 Å². The number of allylic oxidation sites excluding steroid dienone is 4. The van der Waals surface area contributed by atoms with Crippen LogP contribution in [0.15, 0.2) is 24.3 Å². The van der Waals surface area contributed by atoms with Gasteiger partial charge in [-0.3, -0.25) is 4.79 Å². The van der Waals surface area contributed by atoms with Crippen molar-refractivity contribution in [1.82, 2.24) is 0 Å². The van der Waals surface area contributed by atoms with E-state index in [1.807, 2.05) is 0 Å². The summed E-state index contributed by atoms with van der Waals surface area (Å²) in [5.41, 5.74) is 2.00. The Labute approximate surface area is 535 Å². The molecule has 1 unspecified atom stereocenters. The summed E-state index contributed by atoms with van der Waals surface area (Å²) in [6, 6.07) is 0. The molecule has 0 bridgehead atoms. The van der Waals surface area contributed by atoms with E-state index in [9.17, 15) is 4.79 Å². The molecule has 0 rings (SSSR count). The second-order valence-corrected chi connectivity index (χ2v) is 31.4. The molecule has 0 amide bonds. The van der Waals surface area contributed by atoms with Crippen LogP contribution in [0.3, 0.4) is 0 Å². The third-order valence-electron chi connectivity index (χ3n) is 17.8. The van der Waals surface area contributed by atoms with E-state index in [4.69, 9.17) is 4.74 Å². The maximum Gasteiger partial charge on any atom is 0.305 e. The number of ether oxygens (including phenoxy) is 1. The number of rotatable bonds is 54. The van der Waals surface area contributed by atoms with Crippen LogP contribution in [-0.2, 0) is 9.53 Å². The maximum absolute atomic E-state index is 11.5. The predicted octanol–water partition coefficient (Wildman–Crippen LogP) is 30.4. The molecule has 0 spiro atoms. The van der Waals surface area contributed by atoms with Crippen LogP contribution in [0.4, 0.5) is 0 Å². The lowest BCUT2D eigenvalue weighted by Crippen LogP contribution is -2.20. The van der Waals surface area contributed by atoms with Gasteiger partial charge in [0.05, 0.1) is 6.61 Å². The van der Waals surface area contributed by atoms with Gasteiger partial charge in [-0.25, -0.2) is 0 Å². The van der Waals surface area contributed by atoms with Crippen molar-refractivity contribution >= 4 is 5.97 Å². The van der Waals surface area contributed by atoms with Crippen LogP contribution in [0, 0.1) is 33.5 Å². The molecule has 0 aliphatic heterocycles. The summed E-state index contributed by atoms with van der Waals surface area (Å²) in [6.45, 7) is 42.9. The Morgan fingerprint density at radius 3 is 0.857 bits per heavy atom. The van der Waals surface area contributed by atoms with E-state index in [1.54, 1.807) is 0 Å². The van der Waals surface area contributed by atoms with Crippen molar-refractivity contribution < 1.29 is 9.53 Å². The Kier molecular flexibility index (Phi) is 70.6. The Morgan fingerprint density at radius 1 is 0.298 bits per heavy atom. The van der Waals surface area contributed by atoms with E-state index < -0.39 is 0 Å². The summed E-state index contributed by atoms with van der Waals surface area (Å²) in [5.74, 6) is 1.88. The Hall–Kier alpha value is -1.05. The SMILES string of the molecule is CCCCC/C=C\C/C=C\CCCCCCCC(C)(C)C.CCCCCCCC(=O)OCCCCCCCC(C)(C)C.CCCCCCCCC(CCCCCCCC)C(C)(C)C.CCCCCCCCCC(CCCCCCC)C(C)(C)C. The van der Waals surface area contributed by atoms with Gasteiger partial charge >= 0.3 is 5.97 Å².